The molecule has 17 nitrogen and oxygen atoms in total. The lowest BCUT2D eigenvalue weighted by Gasteiger charge is -2.21. The minimum Gasteiger partial charge on any atom is -0.462 e. The maximum atomic E-state index is 13.1. The second-order valence-corrected chi connectivity index (χ2v) is 31.4. The lowest BCUT2D eigenvalue weighted by atomic mass is 9.99. The summed E-state index contributed by atoms with van der Waals surface area (Å²) in [5.41, 5.74) is 0. The van der Waals surface area contributed by atoms with Crippen LogP contribution in [0.2, 0.25) is 0 Å². The van der Waals surface area contributed by atoms with Crippen molar-refractivity contribution in [1.29, 1.82) is 0 Å². The summed E-state index contributed by atoms with van der Waals surface area (Å²) in [5.74, 6) is -0.563. The van der Waals surface area contributed by atoms with Gasteiger partial charge in [0.15, 0.2) is 12.2 Å². The third-order valence-corrected chi connectivity index (χ3v) is 20.2. The zero-order valence-electron chi connectivity index (χ0n) is 62.7. The van der Waals surface area contributed by atoms with Gasteiger partial charge in [-0.15, -0.1) is 0 Å². The largest absolute Gasteiger partial charge is 0.472 e. The number of aliphatic hydroxyl groups is 1. The van der Waals surface area contributed by atoms with Gasteiger partial charge in [0.05, 0.1) is 26.4 Å². The van der Waals surface area contributed by atoms with Gasteiger partial charge in [-0.2, -0.15) is 0 Å². The van der Waals surface area contributed by atoms with Crippen LogP contribution in [0.4, 0.5) is 0 Å². The predicted molar refractivity (Wildman–Crippen MR) is 391 cm³/mol. The van der Waals surface area contributed by atoms with Gasteiger partial charge in [-0.3, -0.25) is 37.3 Å². The number of carbonyl (C=O) groups is 4. The van der Waals surface area contributed by atoms with Gasteiger partial charge in [0.2, 0.25) is 0 Å². The van der Waals surface area contributed by atoms with E-state index in [-0.39, 0.29) is 25.7 Å². The maximum Gasteiger partial charge on any atom is 0.472 e. The SMILES string of the molecule is CCCCCCCCCCCCCCCCCCCC(=O)O[C@H](COC(=O)CCCCCCCCCCCCCC(C)C)COP(=O)(O)OC[C@@H](O)COP(=O)(O)OC[C@@H](COC(=O)CCCCCCCCCCC(C)CC)OC(=O)CCCCCCCCCCCCCCC. The molecule has 0 rings (SSSR count). The molecule has 0 aromatic carbocycles. The van der Waals surface area contributed by atoms with Crippen molar-refractivity contribution in [3.05, 3.63) is 0 Å². The van der Waals surface area contributed by atoms with Crippen molar-refractivity contribution < 1.29 is 80.2 Å². The third-order valence-electron chi connectivity index (χ3n) is 18.3. The van der Waals surface area contributed by atoms with Gasteiger partial charge in [0.25, 0.3) is 0 Å². The van der Waals surface area contributed by atoms with Crippen LogP contribution >= 0.6 is 15.6 Å². The number of phosphoric ester groups is 2. The highest BCUT2D eigenvalue weighted by atomic mass is 31.2. The molecule has 0 aliphatic heterocycles. The first-order valence-corrected chi connectivity index (χ1v) is 43.0. The molecule has 0 heterocycles. The Morgan fingerprint density at radius 3 is 0.792 bits per heavy atom. The van der Waals surface area contributed by atoms with Crippen molar-refractivity contribution in [3.63, 3.8) is 0 Å². The molecule has 0 radical (unpaired) electrons. The second kappa shape index (κ2) is 68.8. The monoisotopic (exact) mass is 1410 g/mol. The Hall–Kier alpha value is -1.94. The summed E-state index contributed by atoms with van der Waals surface area (Å²) in [7, 11) is -9.91. The van der Waals surface area contributed by atoms with Crippen LogP contribution in [0, 0.1) is 11.8 Å². The summed E-state index contributed by atoms with van der Waals surface area (Å²) in [6.07, 6.45) is 56.7. The molecule has 0 aromatic heterocycles. The van der Waals surface area contributed by atoms with Gasteiger partial charge in [0, 0.05) is 25.7 Å². The van der Waals surface area contributed by atoms with E-state index in [0.717, 1.165) is 102 Å². The van der Waals surface area contributed by atoms with E-state index in [1.165, 1.54) is 218 Å². The number of unbranched alkanes of at least 4 members (excludes halogenated alkanes) is 45. The van der Waals surface area contributed by atoms with Crippen molar-refractivity contribution in [2.45, 2.75) is 419 Å². The Balaban J connectivity index is 5.26. The molecule has 3 N–H and O–H groups in total. The molecule has 0 amide bonds. The number of rotatable bonds is 76. The predicted octanol–water partition coefficient (Wildman–Crippen LogP) is 22.7. The fourth-order valence-corrected chi connectivity index (χ4v) is 13.4. The first kappa shape index (κ1) is 94.1. The van der Waals surface area contributed by atoms with E-state index in [9.17, 15) is 43.2 Å². The maximum absolute atomic E-state index is 13.1. The highest BCUT2D eigenvalue weighted by Gasteiger charge is 2.30. The van der Waals surface area contributed by atoms with E-state index in [2.05, 4.69) is 41.5 Å². The lowest BCUT2D eigenvalue weighted by Crippen LogP contribution is -2.30. The Morgan fingerprint density at radius 2 is 0.531 bits per heavy atom. The quantitative estimate of drug-likeness (QED) is 0.0222. The van der Waals surface area contributed by atoms with Crippen LogP contribution in [0.1, 0.15) is 401 Å². The average Bonchev–Trinajstić information content (AvgIpc) is 1.10. The van der Waals surface area contributed by atoms with Gasteiger partial charge < -0.3 is 33.8 Å². The van der Waals surface area contributed by atoms with Crippen LogP contribution in [0.25, 0.3) is 0 Å². The summed E-state index contributed by atoms with van der Waals surface area (Å²) in [4.78, 5) is 72.9. The first-order chi connectivity index (χ1) is 46.4. The summed E-state index contributed by atoms with van der Waals surface area (Å²) >= 11 is 0. The molecule has 0 bridgehead atoms. The summed E-state index contributed by atoms with van der Waals surface area (Å²) in [6, 6.07) is 0. The first-order valence-electron chi connectivity index (χ1n) is 40.0. The standard InChI is InChI=1S/C77H150O17P2/c1-7-10-12-14-16-18-20-22-23-24-25-27-31-36-44-50-56-62-77(82)93-72(65-87-74(79)59-53-47-41-34-32-28-29-33-39-45-51-57-69(4)5)67-91-95(83,84)89-63-71(78)64-90-96(85,86)92-68-73(66-88-75(80)60-54-48-42-38-37-40-46-52-58-70(6)9-3)94-76(81)61-55-49-43-35-30-26-21-19-17-15-13-11-8-2/h69-73,78H,7-68H2,1-6H3,(H,83,84)(H,85,86)/t70?,71-,72-,73-/m1/s1. The minimum atomic E-state index is -4.96. The van der Waals surface area contributed by atoms with Gasteiger partial charge >= 0.3 is 39.5 Å². The number of ether oxygens (including phenoxy) is 4. The topological polar surface area (TPSA) is 237 Å². The van der Waals surface area contributed by atoms with Crippen LogP contribution in [-0.4, -0.2) is 96.7 Å². The van der Waals surface area contributed by atoms with Gasteiger partial charge in [0.1, 0.15) is 19.3 Å². The lowest BCUT2D eigenvalue weighted by molar-refractivity contribution is -0.161. The molecule has 0 aromatic rings. The van der Waals surface area contributed by atoms with Gasteiger partial charge in [-0.05, 0) is 37.5 Å². The van der Waals surface area contributed by atoms with E-state index < -0.39 is 97.5 Å². The molecular formula is C77H150O17P2. The fraction of sp³-hybridized carbons (Fsp3) is 0.948. The molecule has 6 atom stereocenters. The van der Waals surface area contributed by atoms with E-state index in [4.69, 9.17) is 37.0 Å². The molecule has 3 unspecified atom stereocenters. The summed E-state index contributed by atoms with van der Waals surface area (Å²) < 4.78 is 68.6. The van der Waals surface area contributed by atoms with E-state index >= 15 is 0 Å². The number of esters is 4. The van der Waals surface area contributed by atoms with Crippen LogP contribution in [-0.2, 0) is 65.4 Å². The molecule has 0 fully saturated rings. The third kappa shape index (κ3) is 69.2. The molecule has 570 valence electrons. The average molecular weight is 1410 g/mol. The van der Waals surface area contributed by atoms with Crippen LogP contribution < -0.4 is 0 Å². The molecule has 0 saturated carbocycles. The molecule has 0 aliphatic carbocycles. The highest BCUT2D eigenvalue weighted by Crippen LogP contribution is 2.45. The molecule has 96 heavy (non-hydrogen) atoms. The second-order valence-electron chi connectivity index (χ2n) is 28.5. The number of carbonyl (C=O) groups excluding carboxylic acids is 4. The van der Waals surface area contributed by atoms with Crippen molar-refractivity contribution in [1.82, 2.24) is 0 Å². The highest BCUT2D eigenvalue weighted by molar-refractivity contribution is 7.47. The Bertz CT molecular complexity index is 1860. The van der Waals surface area contributed by atoms with E-state index in [0.29, 0.717) is 25.7 Å². The molecule has 0 aliphatic rings. The smallest absolute Gasteiger partial charge is 0.462 e. The zero-order valence-corrected chi connectivity index (χ0v) is 64.5. The van der Waals surface area contributed by atoms with Crippen molar-refractivity contribution >= 4 is 39.5 Å². The number of phosphoric acid groups is 2. The van der Waals surface area contributed by atoms with Crippen molar-refractivity contribution in [2.75, 3.05) is 39.6 Å². The normalized spacial score (nSPS) is 14.3. The van der Waals surface area contributed by atoms with Crippen LogP contribution in [0.15, 0.2) is 0 Å². The van der Waals surface area contributed by atoms with Gasteiger partial charge in [-0.25, -0.2) is 9.13 Å². The summed E-state index contributed by atoms with van der Waals surface area (Å²) in [5, 5.41) is 10.6. The van der Waals surface area contributed by atoms with Gasteiger partial charge in [-0.1, -0.05) is 350 Å². The Labute approximate surface area is 588 Å². The van der Waals surface area contributed by atoms with Crippen LogP contribution in [0.3, 0.4) is 0 Å². The number of hydrogen-bond donors (Lipinski definition) is 3. The minimum absolute atomic E-state index is 0.107. The fourth-order valence-electron chi connectivity index (χ4n) is 11.8. The number of hydrogen-bond acceptors (Lipinski definition) is 15. The molecule has 0 saturated heterocycles. The molecular weight excluding hydrogens is 1260 g/mol. The van der Waals surface area contributed by atoms with Crippen molar-refractivity contribution in [2.24, 2.45) is 11.8 Å². The summed E-state index contributed by atoms with van der Waals surface area (Å²) in [6.45, 7) is 9.62. The zero-order chi connectivity index (χ0) is 70.7. The molecule has 0 spiro atoms. The number of aliphatic hydroxyl groups excluding tert-OH is 1. The van der Waals surface area contributed by atoms with Crippen LogP contribution in [0.5, 0.6) is 0 Å². The Morgan fingerprint density at radius 1 is 0.302 bits per heavy atom. The van der Waals surface area contributed by atoms with Crippen molar-refractivity contribution in [3.8, 4) is 0 Å². The van der Waals surface area contributed by atoms with E-state index in [1.54, 1.807) is 0 Å². The Kier molecular flexibility index (Phi) is 67.4. The van der Waals surface area contributed by atoms with E-state index in [1.807, 2.05) is 0 Å². The molecule has 19 heteroatoms.